The van der Waals surface area contributed by atoms with Gasteiger partial charge in [0.05, 0.1) is 16.5 Å². The van der Waals surface area contributed by atoms with Gasteiger partial charge in [0, 0.05) is 5.69 Å². The summed E-state index contributed by atoms with van der Waals surface area (Å²) in [6.07, 6.45) is -0.272. The van der Waals surface area contributed by atoms with E-state index in [9.17, 15) is 9.59 Å². The molecular formula is C20H19ClN4O2S3. The van der Waals surface area contributed by atoms with Crippen LogP contribution in [0.15, 0.2) is 48.5 Å². The van der Waals surface area contributed by atoms with E-state index in [4.69, 9.17) is 23.8 Å². The number of para-hydroxylation sites is 1. The smallest absolute Gasteiger partial charge is 0.238 e. The zero-order valence-electron chi connectivity index (χ0n) is 15.9. The van der Waals surface area contributed by atoms with Gasteiger partial charge in [-0.25, -0.2) is 0 Å². The molecule has 0 bridgehead atoms. The van der Waals surface area contributed by atoms with Crippen molar-refractivity contribution in [3.8, 4) is 0 Å². The first kappa shape index (κ1) is 21.5. The summed E-state index contributed by atoms with van der Waals surface area (Å²) in [6, 6.07) is 15.2. The average Bonchev–Trinajstić information content (AvgIpc) is 3.06. The van der Waals surface area contributed by atoms with Crippen LogP contribution in [0.2, 0.25) is 5.02 Å². The van der Waals surface area contributed by atoms with Gasteiger partial charge < -0.3 is 15.5 Å². The number of amides is 2. The lowest BCUT2D eigenvalue weighted by Gasteiger charge is -2.36. The van der Waals surface area contributed by atoms with Crippen molar-refractivity contribution < 1.29 is 9.59 Å². The quantitative estimate of drug-likeness (QED) is 0.567. The van der Waals surface area contributed by atoms with E-state index < -0.39 is 5.50 Å². The lowest BCUT2D eigenvalue weighted by molar-refractivity contribution is -0.122. The third kappa shape index (κ3) is 4.60. The molecule has 3 atom stereocenters. The van der Waals surface area contributed by atoms with Gasteiger partial charge in [0.15, 0.2) is 0 Å². The van der Waals surface area contributed by atoms with Crippen molar-refractivity contribution in [3.05, 3.63) is 59.1 Å². The van der Waals surface area contributed by atoms with Crippen molar-refractivity contribution in [1.29, 1.82) is 0 Å². The first-order valence-electron chi connectivity index (χ1n) is 9.21. The molecule has 0 saturated carbocycles. The molecule has 2 aromatic rings. The molecule has 4 rings (SSSR count). The Morgan fingerprint density at radius 3 is 2.80 bits per heavy atom. The number of hydrogen-bond acceptors (Lipinski definition) is 6. The summed E-state index contributed by atoms with van der Waals surface area (Å²) in [7, 11) is 0. The number of carbonyl (C=O) groups is 2. The molecule has 30 heavy (non-hydrogen) atoms. The Hall–Kier alpha value is -1.78. The summed E-state index contributed by atoms with van der Waals surface area (Å²) >= 11 is 14.4. The summed E-state index contributed by atoms with van der Waals surface area (Å²) in [5.41, 5.74) is 2.11. The number of thiocarbonyl (C=S) groups is 1. The van der Waals surface area contributed by atoms with Gasteiger partial charge in [-0.15, -0.1) is 11.8 Å². The normalized spacial score (nSPS) is 23.1. The van der Waals surface area contributed by atoms with Gasteiger partial charge in [-0.3, -0.25) is 14.9 Å². The molecule has 10 heteroatoms. The van der Waals surface area contributed by atoms with Crippen LogP contribution in [-0.2, 0) is 9.59 Å². The van der Waals surface area contributed by atoms with Gasteiger partial charge in [0.25, 0.3) is 0 Å². The molecule has 2 saturated heterocycles. The molecule has 2 aliphatic heterocycles. The molecule has 2 fully saturated rings. The maximum absolute atomic E-state index is 12.6. The van der Waals surface area contributed by atoms with Crippen LogP contribution in [0.1, 0.15) is 5.56 Å². The standard InChI is InChI=1S/C20H19ClN4O2S3/c1-11-7-8-14(13(21)9-11)22-15(26)10-29-19-23-17-16(18(27)24-19)30-20(28)25(17)12-5-3-2-4-6-12/h2-9,16-17,19,23H,10H2,1H3,(H,22,26)(H,24,27). The van der Waals surface area contributed by atoms with Gasteiger partial charge in [-0.2, -0.15) is 0 Å². The first-order chi connectivity index (χ1) is 14.4. The maximum atomic E-state index is 12.6. The van der Waals surface area contributed by atoms with Gasteiger partial charge in [-0.05, 0) is 36.8 Å². The Morgan fingerprint density at radius 1 is 1.30 bits per heavy atom. The summed E-state index contributed by atoms with van der Waals surface area (Å²) in [5.74, 6) is -0.133. The summed E-state index contributed by atoms with van der Waals surface area (Å²) in [6.45, 7) is 1.93. The fourth-order valence-corrected chi connectivity index (χ4v) is 5.95. The third-order valence-electron chi connectivity index (χ3n) is 4.66. The number of thioether (sulfide) groups is 2. The molecule has 0 aliphatic carbocycles. The van der Waals surface area contributed by atoms with Crippen LogP contribution in [0.3, 0.4) is 0 Å². The predicted molar refractivity (Wildman–Crippen MR) is 129 cm³/mol. The lowest BCUT2D eigenvalue weighted by Crippen LogP contribution is -2.64. The highest BCUT2D eigenvalue weighted by atomic mass is 35.5. The number of halogens is 1. The zero-order chi connectivity index (χ0) is 21.3. The maximum Gasteiger partial charge on any atom is 0.238 e. The molecule has 0 radical (unpaired) electrons. The molecule has 6 nitrogen and oxygen atoms in total. The number of nitrogens with one attached hydrogen (secondary N) is 3. The first-order valence-corrected chi connectivity index (χ1v) is 11.9. The van der Waals surface area contributed by atoms with Crippen LogP contribution in [0.25, 0.3) is 0 Å². The van der Waals surface area contributed by atoms with Crippen molar-refractivity contribution in [1.82, 2.24) is 10.6 Å². The van der Waals surface area contributed by atoms with E-state index in [2.05, 4.69) is 16.0 Å². The molecule has 2 amide bonds. The number of rotatable bonds is 5. The van der Waals surface area contributed by atoms with Crippen LogP contribution >= 0.6 is 47.3 Å². The number of benzene rings is 2. The van der Waals surface area contributed by atoms with Crippen molar-refractivity contribution in [2.75, 3.05) is 16.0 Å². The number of fused-ring (bicyclic) bond motifs is 1. The van der Waals surface area contributed by atoms with Crippen molar-refractivity contribution in [3.63, 3.8) is 0 Å². The highest BCUT2D eigenvalue weighted by Crippen LogP contribution is 2.37. The van der Waals surface area contributed by atoms with Gasteiger partial charge >= 0.3 is 0 Å². The van der Waals surface area contributed by atoms with E-state index in [0.29, 0.717) is 15.0 Å². The molecule has 2 aromatic carbocycles. The van der Waals surface area contributed by atoms with E-state index in [0.717, 1.165) is 11.3 Å². The largest absolute Gasteiger partial charge is 0.331 e. The summed E-state index contributed by atoms with van der Waals surface area (Å²) < 4.78 is 0.649. The molecule has 2 heterocycles. The second-order valence-corrected chi connectivity index (χ2v) is 10.1. The minimum absolute atomic E-state index is 0.0935. The molecule has 0 aromatic heterocycles. The van der Waals surface area contributed by atoms with Crippen molar-refractivity contribution in [2.45, 2.75) is 23.8 Å². The van der Waals surface area contributed by atoms with Crippen LogP contribution in [0.4, 0.5) is 11.4 Å². The third-order valence-corrected chi connectivity index (χ3v) is 7.60. The minimum Gasteiger partial charge on any atom is -0.331 e. The predicted octanol–water partition coefficient (Wildman–Crippen LogP) is 3.56. The molecule has 3 unspecified atom stereocenters. The van der Waals surface area contributed by atoms with E-state index in [-0.39, 0.29) is 29.0 Å². The topological polar surface area (TPSA) is 73.5 Å². The van der Waals surface area contributed by atoms with Gasteiger partial charge in [0.2, 0.25) is 11.8 Å². The Labute approximate surface area is 193 Å². The molecule has 0 spiro atoms. The lowest BCUT2D eigenvalue weighted by atomic mass is 10.2. The number of carbonyl (C=O) groups excluding carboxylic acids is 2. The van der Waals surface area contributed by atoms with Crippen LogP contribution < -0.4 is 20.9 Å². The molecule has 2 aliphatic rings. The number of nitrogens with zero attached hydrogens (tertiary/aromatic N) is 1. The van der Waals surface area contributed by atoms with E-state index in [1.165, 1.54) is 23.5 Å². The summed E-state index contributed by atoms with van der Waals surface area (Å²) in [5, 5.41) is 9.29. The zero-order valence-corrected chi connectivity index (χ0v) is 19.1. The van der Waals surface area contributed by atoms with Crippen LogP contribution in [-0.4, -0.2) is 38.8 Å². The fourth-order valence-electron chi connectivity index (χ4n) is 3.26. The molecular weight excluding hydrogens is 460 g/mol. The van der Waals surface area contributed by atoms with Crippen LogP contribution in [0, 0.1) is 6.92 Å². The van der Waals surface area contributed by atoms with E-state index in [1.807, 2.05) is 48.2 Å². The average molecular weight is 479 g/mol. The van der Waals surface area contributed by atoms with Gasteiger partial charge in [-0.1, -0.05) is 59.8 Å². The highest BCUT2D eigenvalue weighted by molar-refractivity contribution is 8.24. The van der Waals surface area contributed by atoms with Crippen molar-refractivity contribution in [2.24, 2.45) is 0 Å². The SMILES string of the molecule is Cc1ccc(NC(=O)CSC2NC(=O)C3SC(=S)N(c4ccccc4)C3N2)c(Cl)c1. The Morgan fingerprint density at radius 2 is 2.07 bits per heavy atom. The Kier molecular flexibility index (Phi) is 6.54. The second-order valence-electron chi connectivity index (χ2n) is 6.85. The second kappa shape index (κ2) is 9.15. The van der Waals surface area contributed by atoms with Crippen LogP contribution in [0.5, 0.6) is 0 Å². The van der Waals surface area contributed by atoms with Crippen molar-refractivity contribution >= 4 is 74.9 Å². The fraction of sp³-hybridized carbons (Fsp3) is 0.250. The Bertz CT molecular complexity index is 991. The number of hydrogen-bond donors (Lipinski definition) is 3. The number of aryl methyl sites for hydroxylation is 1. The Balaban J connectivity index is 1.39. The van der Waals surface area contributed by atoms with E-state index in [1.54, 1.807) is 12.1 Å². The molecule has 3 N–H and O–H groups in total. The number of anilines is 2. The summed E-state index contributed by atoms with van der Waals surface area (Å²) in [4.78, 5) is 27.0. The minimum atomic E-state index is -0.411. The van der Waals surface area contributed by atoms with E-state index >= 15 is 0 Å². The molecule has 156 valence electrons. The van der Waals surface area contributed by atoms with Gasteiger partial charge in [0.1, 0.15) is 21.2 Å². The highest BCUT2D eigenvalue weighted by Gasteiger charge is 2.47. The monoisotopic (exact) mass is 478 g/mol.